The Kier molecular flexibility index (Phi) is 5.41. The summed E-state index contributed by atoms with van der Waals surface area (Å²) in [6.07, 6.45) is 4.94. The Morgan fingerprint density at radius 3 is 2.72 bits per heavy atom. The first kappa shape index (κ1) is 14.8. The van der Waals surface area contributed by atoms with Crippen molar-refractivity contribution < 1.29 is 4.79 Å². The van der Waals surface area contributed by atoms with Gasteiger partial charge in [-0.15, -0.1) is 0 Å². The number of carbonyl (C=O) groups is 1. The number of aromatic nitrogens is 1. The van der Waals surface area contributed by atoms with Crippen LogP contribution in [0.1, 0.15) is 39.7 Å². The van der Waals surface area contributed by atoms with E-state index in [2.05, 4.69) is 31.4 Å². The molecule has 0 radical (unpaired) electrons. The van der Waals surface area contributed by atoms with Crippen molar-refractivity contribution in [2.24, 2.45) is 0 Å². The van der Waals surface area contributed by atoms with Gasteiger partial charge in [-0.1, -0.05) is 6.92 Å². The molecular formula is C14H25N3O. The Labute approximate surface area is 110 Å². The Balaban J connectivity index is 2.41. The first-order valence-electron chi connectivity index (χ1n) is 6.57. The molecule has 0 spiro atoms. The topological polar surface area (TPSA) is 46.1 Å². The summed E-state index contributed by atoms with van der Waals surface area (Å²) in [5.41, 5.74) is 1.31. The third-order valence-electron chi connectivity index (χ3n) is 2.53. The summed E-state index contributed by atoms with van der Waals surface area (Å²) in [7, 11) is 0. The first-order valence-corrected chi connectivity index (χ1v) is 6.57. The van der Waals surface area contributed by atoms with Crippen LogP contribution in [-0.4, -0.2) is 22.6 Å². The fourth-order valence-corrected chi connectivity index (χ4v) is 1.55. The van der Waals surface area contributed by atoms with E-state index in [1.54, 1.807) is 0 Å². The zero-order chi connectivity index (χ0) is 13.6. The molecule has 0 aliphatic carbocycles. The van der Waals surface area contributed by atoms with Crippen molar-refractivity contribution in [2.45, 2.75) is 52.7 Å². The summed E-state index contributed by atoms with van der Waals surface area (Å²) in [5, 5.41) is 6.30. The molecule has 0 aliphatic rings. The molecule has 1 aromatic heterocycles. The minimum Gasteiger partial charge on any atom is -0.355 e. The van der Waals surface area contributed by atoms with Crippen LogP contribution in [0.4, 0.5) is 0 Å². The van der Waals surface area contributed by atoms with E-state index in [1.165, 1.54) is 5.56 Å². The number of hydrogen-bond donors (Lipinski definition) is 2. The van der Waals surface area contributed by atoms with Crippen molar-refractivity contribution in [3.63, 3.8) is 0 Å². The van der Waals surface area contributed by atoms with Crippen LogP contribution < -0.4 is 10.6 Å². The molecule has 18 heavy (non-hydrogen) atoms. The summed E-state index contributed by atoms with van der Waals surface area (Å²) >= 11 is 0. The van der Waals surface area contributed by atoms with E-state index >= 15 is 0 Å². The second-order valence-electron chi connectivity index (χ2n) is 5.65. The zero-order valence-corrected chi connectivity index (χ0v) is 11.9. The van der Waals surface area contributed by atoms with Crippen molar-refractivity contribution in [1.82, 2.24) is 15.2 Å². The second kappa shape index (κ2) is 6.59. The van der Waals surface area contributed by atoms with Crippen molar-refractivity contribution in [3.8, 4) is 0 Å². The summed E-state index contributed by atoms with van der Waals surface area (Å²) in [6, 6.07) is 2.05. The van der Waals surface area contributed by atoms with Crippen molar-refractivity contribution in [3.05, 3.63) is 24.0 Å². The van der Waals surface area contributed by atoms with Crippen LogP contribution in [0, 0.1) is 0 Å². The smallest absolute Gasteiger partial charge is 0.239 e. The van der Waals surface area contributed by atoms with Crippen LogP contribution >= 0.6 is 0 Å². The molecule has 0 saturated heterocycles. The average Bonchev–Trinajstić information content (AvgIpc) is 2.70. The largest absolute Gasteiger partial charge is 0.355 e. The molecule has 0 atom stereocenters. The molecule has 4 heteroatoms. The molecular weight excluding hydrogens is 226 g/mol. The van der Waals surface area contributed by atoms with Crippen molar-refractivity contribution >= 4 is 5.91 Å². The standard InChI is InChI=1S/C14H25N3O/c1-5-7-15-13(18)11-17-8-6-12(10-17)9-16-14(2,3)4/h6,8,10,16H,5,7,9,11H2,1-4H3,(H,15,18). The van der Waals surface area contributed by atoms with Gasteiger partial charge in [-0.3, -0.25) is 4.79 Å². The van der Waals surface area contributed by atoms with Crippen molar-refractivity contribution in [2.75, 3.05) is 6.54 Å². The molecule has 0 bridgehead atoms. The summed E-state index contributed by atoms with van der Waals surface area (Å²) in [4.78, 5) is 11.6. The molecule has 4 nitrogen and oxygen atoms in total. The highest BCUT2D eigenvalue weighted by Gasteiger charge is 2.09. The summed E-state index contributed by atoms with van der Waals surface area (Å²) < 4.78 is 1.92. The highest BCUT2D eigenvalue weighted by atomic mass is 16.1. The van der Waals surface area contributed by atoms with E-state index in [0.717, 1.165) is 19.5 Å². The maximum Gasteiger partial charge on any atom is 0.239 e. The monoisotopic (exact) mass is 251 g/mol. The van der Waals surface area contributed by atoms with Crippen LogP contribution in [-0.2, 0) is 17.9 Å². The minimum atomic E-state index is 0.0720. The molecule has 1 rings (SSSR count). The predicted octanol–water partition coefficient (Wildman–Crippen LogP) is 1.90. The van der Waals surface area contributed by atoms with Crippen molar-refractivity contribution in [1.29, 1.82) is 0 Å². The van der Waals surface area contributed by atoms with Gasteiger partial charge in [0.05, 0.1) is 0 Å². The number of carbonyl (C=O) groups excluding carboxylic acids is 1. The number of rotatable bonds is 6. The normalized spacial score (nSPS) is 11.6. The minimum absolute atomic E-state index is 0.0720. The molecule has 1 amide bonds. The van der Waals surface area contributed by atoms with Gasteiger partial charge in [0.25, 0.3) is 0 Å². The van der Waals surface area contributed by atoms with Gasteiger partial charge >= 0.3 is 0 Å². The first-order chi connectivity index (χ1) is 8.40. The van der Waals surface area contributed by atoms with Gasteiger partial charge in [0.1, 0.15) is 6.54 Å². The highest BCUT2D eigenvalue weighted by Crippen LogP contribution is 2.05. The SMILES string of the molecule is CCCNC(=O)Cn1ccc(CNC(C)(C)C)c1. The number of amides is 1. The molecule has 1 heterocycles. The second-order valence-corrected chi connectivity index (χ2v) is 5.65. The molecule has 0 saturated carbocycles. The predicted molar refractivity (Wildman–Crippen MR) is 74.3 cm³/mol. The highest BCUT2D eigenvalue weighted by molar-refractivity contribution is 5.75. The molecule has 102 valence electrons. The Hall–Kier alpha value is -1.29. The molecule has 2 N–H and O–H groups in total. The number of nitrogens with one attached hydrogen (secondary N) is 2. The Morgan fingerprint density at radius 2 is 2.11 bits per heavy atom. The maximum absolute atomic E-state index is 11.6. The van der Waals surface area contributed by atoms with Crippen LogP contribution in [0.25, 0.3) is 0 Å². The third-order valence-corrected chi connectivity index (χ3v) is 2.53. The lowest BCUT2D eigenvalue weighted by atomic mass is 10.1. The van der Waals surface area contributed by atoms with Gasteiger partial charge in [-0.2, -0.15) is 0 Å². The lowest BCUT2D eigenvalue weighted by Gasteiger charge is -2.19. The molecule has 0 fully saturated rings. The van der Waals surface area contributed by atoms with E-state index in [-0.39, 0.29) is 11.4 Å². The maximum atomic E-state index is 11.6. The van der Waals surface area contributed by atoms with Gasteiger partial charge in [-0.25, -0.2) is 0 Å². The van der Waals surface area contributed by atoms with Gasteiger partial charge in [0.15, 0.2) is 0 Å². The number of hydrogen-bond acceptors (Lipinski definition) is 2. The average molecular weight is 251 g/mol. The molecule has 0 aromatic carbocycles. The summed E-state index contributed by atoms with van der Waals surface area (Å²) in [6.45, 7) is 10.4. The molecule has 0 aliphatic heterocycles. The van der Waals surface area contributed by atoms with E-state index < -0.39 is 0 Å². The lowest BCUT2D eigenvalue weighted by Crippen LogP contribution is -2.34. The fraction of sp³-hybridized carbons (Fsp3) is 0.643. The van der Waals surface area contributed by atoms with Gasteiger partial charge in [0.2, 0.25) is 5.91 Å². The van der Waals surface area contributed by atoms with E-state index in [9.17, 15) is 4.79 Å². The molecule has 0 unspecified atom stereocenters. The Bertz CT molecular complexity index is 377. The summed E-state index contributed by atoms with van der Waals surface area (Å²) in [5.74, 6) is 0.0720. The molecule has 1 aromatic rings. The van der Waals surface area contributed by atoms with Crippen LogP contribution in [0.5, 0.6) is 0 Å². The fourth-order valence-electron chi connectivity index (χ4n) is 1.55. The van der Waals surface area contributed by atoms with E-state index in [4.69, 9.17) is 0 Å². The lowest BCUT2D eigenvalue weighted by molar-refractivity contribution is -0.121. The van der Waals surface area contributed by atoms with E-state index in [0.29, 0.717) is 6.54 Å². The number of nitrogens with zero attached hydrogens (tertiary/aromatic N) is 1. The third kappa shape index (κ3) is 5.87. The van der Waals surface area contributed by atoms with Gasteiger partial charge in [0, 0.05) is 31.0 Å². The zero-order valence-electron chi connectivity index (χ0n) is 11.9. The Morgan fingerprint density at radius 1 is 1.39 bits per heavy atom. The van der Waals surface area contributed by atoms with Crippen LogP contribution in [0.2, 0.25) is 0 Å². The quantitative estimate of drug-likeness (QED) is 0.811. The van der Waals surface area contributed by atoms with Crippen LogP contribution in [0.15, 0.2) is 18.5 Å². The van der Waals surface area contributed by atoms with Crippen LogP contribution in [0.3, 0.4) is 0 Å². The van der Waals surface area contributed by atoms with E-state index in [1.807, 2.05) is 30.0 Å². The van der Waals surface area contributed by atoms with Gasteiger partial charge < -0.3 is 15.2 Å². The van der Waals surface area contributed by atoms with Gasteiger partial charge in [-0.05, 0) is 38.8 Å².